The molecule has 0 aromatic heterocycles. The highest BCUT2D eigenvalue weighted by Gasteiger charge is 2.20. The highest BCUT2D eigenvalue weighted by Crippen LogP contribution is 2.25. The first-order valence-corrected chi connectivity index (χ1v) is 6.19. The second-order valence-electron chi connectivity index (χ2n) is 3.88. The first-order chi connectivity index (χ1) is 8.33. The molecule has 0 N–H and O–H groups in total. The molecule has 1 nitrogen and oxygen atoms in total. The van der Waals surface area contributed by atoms with Crippen molar-refractivity contribution in [1.82, 2.24) is 0 Å². The van der Waals surface area contributed by atoms with Gasteiger partial charge in [-0.3, -0.25) is 4.79 Å². The van der Waals surface area contributed by atoms with Crippen molar-refractivity contribution in [2.75, 3.05) is 5.75 Å². The summed E-state index contributed by atoms with van der Waals surface area (Å²) >= 11 is 4.11. The molecule has 0 aliphatic rings. The molecule has 0 spiro atoms. The predicted molar refractivity (Wildman–Crippen MR) is 73.6 cm³/mol. The van der Waals surface area contributed by atoms with Gasteiger partial charge in [0, 0.05) is 0 Å². The highest BCUT2D eigenvalue weighted by molar-refractivity contribution is 7.81. The Morgan fingerprint density at radius 2 is 1.29 bits per heavy atom. The predicted octanol–water partition coefficient (Wildman–Crippen LogP) is 3.32. The van der Waals surface area contributed by atoms with Crippen molar-refractivity contribution in [2.45, 2.75) is 5.92 Å². The number of hydrogen-bond acceptors (Lipinski definition) is 2. The zero-order valence-corrected chi connectivity index (χ0v) is 10.3. The zero-order chi connectivity index (χ0) is 12.1. The van der Waals surface area contributed by atoms with Crippen LogP contribution < -0.4 is 0 Å². The Bertz CT molecular complexity index is 439. The van der Waals surface area contributed by atoms with E-state index in [0.29, 0.717) is 0 Å². The summed E-state index contributed by atoms with van der Waals surface area (Å²) in [6.07, 6.45) is 0. The third-order valence-electron chi connectivity index (χ3n) is 2.74. The van der Waals surface area contributed by atoms with Crippen LogP contribution >= 0.6 is 12.6 Å². The summed E-state index contributed by atoms with van der Waals surface area (Å²) in [4.78, 5) is 12.0. The number of hydrogen-bond donors (Lipinski definition) is 1. The molecule has 0 aliphatic heterocycles. The molecule has 0 fully saturated rings. The van der Waals surface area contributed by atoms with E-state index in [0.717, 1.165) is 11.1 Å². The molecule has 86 valence electrons. The first-order valence-electron chi connectivity index (χ1n) is 5.56. The maximum atomic E-state index is 12.0. The first kappa shape index (κ1) is 11.9. The van der Waals surface area contributed by atoms with Gasteiger partial charge in [-0.25, -0.2) is 0 Å². The fraction of sp³-hybridized carbons (Fsp3) is 0.133. The van der Waals surface area contributed by atoms with E-state index < -0.39 is 0 Å². The van der Waals surface area contributed by atoms with Gasteiger partial charge < -0.3 is 0 Å². The molecule has 2 rings (SSSR count). The Morgan fingerprint density at radius 1 is 0.882 bits per heavy atom. The van der Waals surface area contributed by atoms with Crippen molar-refractivity contribution in [3.05, 3.63) is 71.8 Å². The molecule has 17 heavy (non-hydrogen) atoms. The summed E-state index contributed by atoms with van der Waals surface area (Å²) in [6, 6.07) is 19.7. The summed E-state index contributed by atoms with van der Waals surface area (Å²) in [5.41, 5.74) is 2.05. The van der Waals surface area contributed by atoms with E-state index in [1.807, 2.05) is 60.7 Å². The van der Waals surface area contributed by atoms with Crippen LogP contribution in [0.2, 0.25) is 0 Å². The van der Waals surface area contributed by atoms with Crippen LogP contribution in [0.3, 0.4) is 0 Å². The van der Waals surface area contributed by atoms with Crippen molar-refractivity contribution >= 4 is 18.4 Å². The number of thiol groups is 1. The van der Waals surface area contributed by atoms with E-state index in [2.05, 4.69) is 12.6 Å². The molecule has 0 bridgehead atoms. The molecular formula is C15H14OS. The summed E-state index contributed by atoms with van der Waals surface area (Å²) < 4.78 is 0. The standard InChI is InChI=1S/C15H14OS/c16-14(11-17)15(12-7-3-1-4-8-12)13-9-5-2-6-10-13/h1-10,15,17H,11H2. The minimum absolute atomic E-state index is 0.130. The fourth-order valence-corrected chi connectivity index (χ4v) is 2.13. The molecule has 0 amide bonds. The molecule has 2 aromatic carbocycles. The molecule has 2 aromatic rings. The number of carbonyl (C=O) groups excluding carboxylic acids is 1. The normalized spacial score (nSPS) is 10.5. The van der Waals surface area contributed by atoms with Crippen molar-refractivity contribution in [3.8, 4) is 0 Å². The van der Waals surface area contributed by atoms with Gasteiger partial charge in [-0.2, -0.15) is 12.6 Å². The largest absolute Gasteiger partial charge is 0.298 e. The third-order valence-corrected chi connectivity index (χ3v) is 3.06. The van der Waals surface area contributed by atoms with Gasteiger partial charge in [0.25, 0.3) is 0 Å². The SMILES string of the molecule is O=C(CS)C(c1ccccc1)c1ccccc1. The van der Waals surface area contributed by atoms with E-state index in [-0.39, 0.29) is 17.5 Å². The third kappa shape index (κ3) is 2.77. The second kappa shape index (κ2) is 5.69. The Kier molecular flexibility index (Phi) is 3.99. The maximum absolute atomic E-state index is 12.0. The van der Waals surface area contributed by atoms with E-state index in [1.165, 1.54) is 0 Å². The Morgan fingerprint density at radius 3 is 1.65 bits per heavy atom. The van der Waals surface area contributed by atoms with E-state index in [4.69, 9.17) is 0 Å². The van der Waals surface area contributed by atoms with Gasteiger partial charge in [-0.05, 0) is 11.1 Å². The summed E-state index contributed by atoms with van der Waals surface area (Å²) in [7, 11) is 0. The molecular weight excluding hydrogens is 228 g/mol. The lowest BCUT2D eigenvalue weighted by Gasteiger charge is -2.15. The molecule has 2 heteroatoms. The lowest BCUT2D eigenvalue weighted by atomic mass is 9.88. The summed E-state index contributed by atoms with van der Waals surface area (Å²) in [5, 5.41) is 0. The molecule has 0 saturated carbocycles. The van der Waals surface area contributed by atoms with Gasteiger partial charge in [0.15, 0.2) is 5.78 Å². The lowest BCUT2D eigenvalue weighted by Crippen LogP contribution is -2.15. The van der Waals surface area contributed by atoms with Crippen LogP contribution in [-0.2, 0) is 4.79 Å². The van der Waals surface area contributed by atoms with Gasteiger partial charge >= 0.3 is 0 Å². The van der Waals surface area contributed by atoms with E-state index in [9.17, 15) is 4.79 Å². The van der Waals surface area contributed by atoms with Crippen LogP contribution in [0.25, 0.3) is 0 Å². The molecule has 0 unspecified atom stereocenters. The van der Waals surface area contributed by atoms with Crippen molar-refractivity contribution in [3.63, 3.8) is 0 Å². The van der Waals surface area contributed by atoms with Crippen LogP contribution in [0.4, 0.5) is 0 Å². The average Bonchev–Trinajstić information content (AvgIpc) is 2.41. The van der Waals surface area contributed by atoms with Crippen LogP contribution in [0, 0.1) is 0 Å². The summed E-state index contributed by atoms with van der Waals surface area (Å²) in [5.74, 6) is 0.190. The van der Waals surface area contributed by atoms with Gasteiger partial charge in [0.05, 0.1) is 11.7 Å². The topological polar surface area (TPSA) is 17.1 Å². The number of rotatable bonds is 4. The molecule has 0 atom stereocenters. The molecule has 0 aliphatic carbocycles. The van der Waals surface area contributed by atoms with Gasteiger partial charge in [0.1, 0.15) is 0 Å². The zero-order valence-electron chi connectivity index (χ0n) is 9.41. The highest BCUT2D eigenvalue weighted by atomic mass is 32.1. The number of carbonyl (C=O) groups is 1. The number of benzene rings is 2. The van der Waals surface area contributed by atoms with Crippen LogP contribution in [0.15, 0.2) is 60.7 Å². The summed E-state index contributed by atoms with van der Waals surface area (Å²) in [6.45, 7) is 0. The van der Waals surface area contributed by atoms with Crippen LogP contribution in [-0.4, -0.2) is 11.5 Å². The Labute approximate surface area is 107 Å². The van der Waals surface area contributed by atoms with E-state index in [1.54, 1.807) is 0 Å². The second-order valence-corrected chi connectivity index (χ2v) is 4.20. The van der Waals surface area contributed by atoms with Crippen LogP contribution in [0.5, 0.6) is 0 Å². The minimum atomic E-state index is -0.199. The maximum Gasteiger partial charge on any atom is 0.154 e. The fourth-order valence-electron chi connectivity index (χ4n) is 1.95. The Balaban J connectivity index is 2.43. The van der Waals surface area contributed by atoms with Crippen molar-refractivity contribution in [1.29, 1.82) is 0 Å². The monoisotopic (exact) mass is 242 g/mol. The quantitative estimate of drug-likeness (QED) is 0.814. The number of ketones is 1. The van der Waals surface area contributed by atoms with Gasteiger partial charge in [0.2, 0.25) is 0 Å². The van der Waals surface area contributed by atoms with Gasteiger partial charge in [-0.15, -0.1) is 0 Å². The van der Waals surface area contributed by atoms with Gasteiger partial charge in [-0.1, -0.05) is 60.7 Å². The molecule has 0 heterocycles. The average molecular weight is 242 g/mol. The number of Topliss-reactive ketones (excluding diaryl/α,β-unsaturated/α-hetero) is 1. The molecule has 0 saturated heterocycles. The smallest absolute Gasteiger partial charge is 0.154 e. The van der Waals surface area contributed by atoms with Crippen molar-refractivity contribution < 1.29 is 4.79 Å². The minimum Gasteiger partial charge on any atom is -0.298 e. The molecule has 0 radical (unpaired) electrons. The lowest BCUT2D eigenvalue weighted by molar-refractivity contribution is -0.117. The Hall–Kier alpha value is -1.54. The van der Waals surface area contributed by atoms with Crippen LogP contribution in [0.1, 0.15) is 17.0 Å². The van der Waals surface area contributed by atoms with E-state index >= 15 is 0 Å². The van der Waals surface area contributed by atoms with Crippen molar-refractivity contribution in [2.24, 2.45) is 0 Å².